The third kappa shape index (κ3) is 5.96. The number of amides is 1. The van der Waals surface area contributed by atoms with Crippen molar-refractivity contribution in [3.63, 3.8) is 0 Å². The predicted molar refractivity (Wildman–Crippen MR) is 83.8 cm³/mol. The van der Waals surface area contributed by atoms with Gasteiger partial charge in [-0.1, -0.05) is 15.9 Å². The lowest BCUT2D eigenvalue weighted by molar-refractivity contribution is -0.141. The molecule has 0 N–H and O–H groups in total. The highest BCUT2D eigenvalue weighted by molar-refractivity contribution is 9.10. The van der Waals surface area contributed by atoms with Gasteiger partial charge in [-0.2, -0.15) is 0 Å². The highest BCUT2D eigenvalue weighted by atomic mass is 79.9. The molecule has 4 nitrogen and oxygen atoms in total. The minimum atomic E-state index is -0.295. The van der Waals surface area contributed by atoms with Crippen LogP contribution in [0.3, 0.4) is 0 Å². The molecule has 0 atom stereocenters. The maximum atomic E-state index is 12.1. The first-order valence-corrected chi connectivity index (χ1v) is 8.07. The number of carbonyl (C=O) groups excluding carboxylic acids is 2. The van der Waals surface area contributed by atoms with Crippen LogP contribution in [0.15, 0.2) is 33.6 Å². The van der Waals surface area contributed by atoms with Gasteiger partial charge in [0.05, 0.1) is 19.3 Å². The van der Waals surface area contributed by atoms with E-state index in [4.69, 9.17) is 0 Å². The summed E-state index contributed by atoms with van der Waals surface area (Å²) < 4.78 is 5.59. The number of thioether (sulfide) groups is 1. The number of hydrogen-bond acceptors (Lipinski definition) is 4. The molecule has 0 saturated carbocycles. The second kappa shape index (κ2) is 9.02. The zero-order chi connectivity index (χ0) is 15.0. The average Bonchev–Trinajstić information content (AvgIpc) is 2.47. The number of ether oxygens (including phenoxy) is 1. The molecule has 1 amide bonds. The van der Waals surface area contributed by atoms with Gasteiger partial charge in [0.15, 0.2) is 0 Å². The van der Waals surface area contributed by atoms with Crippen LogP contribution in [0.4, 0.5) is 0 Å². The first-order valence-electron chi connectivity index (χ1n) is 6.29. The van der Waals surface area contributed by atoms with Crippen LogP contribution in [-0.4, -0.2) is 42.7 Å². The topological polar surface area (TPSA) is 46.6 Å². The molecule has 0 heterocycles. The van der Waals surface area contributed by atoms with Crippen LogP contribution < -0.4 is 0 Å². The monoisotopic (exact) mass is 359 g/mol. The van der Waals surface area contributed by atoms with Crippen LogP contribution in [0.1, 0.15) is 13.3 Å². The van der Waals surface area contributed by atoms with Crippen molar-refractivity contribution < 1.29 is 14.3 Å². The van der Waals surface area contributed by atoms with Gasteiger partial charge in [-0.05, 0) is 31.2 Å². The zero-order valence-corrected chi connectivity index (χ0v) is 14.0. The van der Waals surface area contributed by atoms with Gasteiger partial charge in [0, 0.05) is 22.5 Å². The van der Waals surface area contributed by atoms with E-state index < -0.39 is 0 Å². The number of carbonyl (C=O) groups is 2. The van der Waals surface area contributed by atoms with E-state index >= 15 is 0 Å². The van der Waals surface area contributed by atoms with Gasteiger partial charge in [-0.15, -0.1) is 11.8 Å². The van der Waals surface area contributed by atoms with Gasteiger partial charge < -0.3 is 9.64 Å². The third-order valence-electron chi connectivity index (χ3n) is 2.72. The Labute approximate surface area is 132 Å². The van der Waals surface area contributed by atoms with Crippen molar-refractivity contribution in [3.05, 3.63) is 28.7 Å². The molecule has 0 saturated heterocycles. The quantitative estimate of drug-likeness (QED) is 0.554. The molecule has 6 heteroatoms. The Hall–Kier alpha value is -1.01. The molecule has 0 radical (unpaired) electrons. The molecule has 0 bridgehead atoms. The van der Waals surface area contributed by atoms with Gasteiger partial charge in [0.25, 0.3) is 0 Å². The summed E-state index contributed by atoms with van der Waals surface area (Å²) in [5.74, 6) is 0.109. The lowest BCUT2D eigenvalue weighted by atomic mass is 10.3. The summed E-state index contributed by atoms with van der Waals surface area (Å²) >= 11 is 4.87. The summed E-state index contributed by atoms with van der Waals surface area (Å²) in [5, 5.41) is 0. The maximum absolute atomic E-state index is 12.1. The molecule has 0 aliphatic rings. The van der Waals surface area contributed by atoms with Crippen molar-refractivity contribution in [2.45, 2.75) is 18.2 Å². The van der Waals surface area contributed by atoms with Crippen LogP contribution in [0.5, 0.6) is 0 Å². The molecule has 0 aromatic heterocycles. The lowest BCUT2D eigenvalue weighted by Crippen LogP contribution is -2.34. The molecule has 1 aromatic rings. The van der Waals surface area contributed by atoms with Gasteiger partial charge in [-0.3, -0.25) is 9.59 Å². The largest absolute Gasteiger partial charge is 0.469 e. The van der Waals surface area contributed by atoms with Gasteiger partial charge >= 0.3 is 5.97 Å². The highest BCUT2D eigenvalue weighted by Crippen LogP contribution is 2.20. The van der Waals surface area contributed by atoms with Crippen molar-refractivity contribution in [2.75, 3.05) is 26.0 Å². The standard InChI is InChI=1S/C14H18BrNO3S/c1-3-16(9-8-14(18)19-2)13(17)10-20-12-6-4-11(15)5-7-12/h4-7H,3,8-10H2,1-2H3. The number of esters is 1. The van der Waals surface area contributed by atoms with Crippen LogP contribution in [0, 0.1) is 0 Å². The summed E-state index contributed by atoms with van der Waals surface area (Å²) in [6.45, 7) is 2.90. The van der Waals surface area contributed by atoms with Gasteiger partial charge in [-0.25, -0.2) is 0 Å². The fourth-order valence-corrected chi connectivity index (χ4v) is 2.62. The molecule has 0 spiro atoms. The smallest absolute Gasteiger partial charge is 0.307 e. The molecule has 1 aromatic carbocycles. The van der Waals surface area contributed by atoms with Crippen LogP contribution >= 0.6 is 27.7 Å². The normalized spacial score (nSPS) is 10.2. The molecule has 0 fully saturated rings. The van der Waals surface area contributed by atoms with Crippen LogP contribution in [0.25, 0.3) is 0 Å². The molecule has 1 rings (SSSR count). The van der Waals surface area contributed by atoms with E-state index in [1.807, 2.05) is 31.2 Å². The van der Waals surface area contributed by atoms with Crippen molar-refractivity contribution in [3.8, 4) is 0 Å². The first-order chi connectivity index (χ1) is 9.56. The minimum absolute atomic E-state index is 0.0318. The third-order valence-corrected chi connectivity index (χ3v) is 4.25. The minimum Gasteiger partial charge on any atom is -0.469 e. The van der Waals surface area contributed by atoms with Crippen molar-refractivity contribution >= 4 is 39.6 Å². The predicted octanol–water partition coefficient (Wildman–Crippen LogP) is 2.95. The zero-order valence-electron chi connectivity index (χ0n) is 11.6. The number of methoxy groups -OCH3 is 1. The Bertz CT molecular complexity index is 450. The van der Waals surface area contributed by atoms with Crippen molar-refractivity contribution in [1.82, 2.24) is 4.90 Å². The number of halogens is 1. The summed E-state index contributed by atoms with van der Waals surface area (Å²) in [6.07, 6.45) is 0.235. The van der Waals surface area contributed by atoms with E-state index in [1.54, 1.807) is 4.90 Å². The number of nitrogens with zero attached hydrogens (tertiary/aromatic N) is 1. The Balaban J connectivity index is 2.42. The SMILES string of the molecule is CCN(CCC(=O)OC)C(=O)CSc1ccc(Br)cc1. The van der Waals surface area contributed by atoms with Crippen molar-refractivity contribution in [1.29, 1.82) is 0 Å². The Kier molecular flexibility index (Phi) is 7.69. The van der Waals surface area contributed by atoms with Crippen LogP contribution in [0.2, 0.25) is 0 Å². The summed E-state index contributed by atoms with van der Waals surface area (Å²) in [5.41, 5.74) is 0. The van der Waals surface area contributed by atoms with E-state index in [0.29, 0.717) is 18.8 Å². The van der Waals surface area contributed by atoms with Crippen LogP contribution in [-0.2, 0) is 14.3 Å². The van der Waals surface area contributed by atoms with E-state index in [0.717, 1.165) is 9.37 Å². The number of benzene rings is 1. The fraction of sp³-hybridized carbons (Fsp3) is 0.429. The molecule has 0 aliphatic heterocycles. The first kappa shape index (κ1) is 17.0. The second-order valence-electron chi connectivity index (χ2n) is 4.04. The van der Waals surface area contributed by atoms with Gasteiger partial charge in [0.1, 0.15) is 0 Å². The Morgan fingerprint density at radius 1 is 1.30 bits per heavy atom. The Morgan fingerprint density at radius 2 is 1.95 bits per heavy atom. The fourth-order valence-electron chi connectivity index (χ4n) is 1.55. The summed E-state index contributed by atoms with van der Waals surface area (Å²) in [7, 11) is 1.35. The molecule has 0 unspecified atom stereocenters. The van der Waals surface area contributed by atoms with Gasteiger partial charge in [0.2, 0.25) is 5.91 Å². The van der Waals surface area contributed by atoms with E-state index in [-0.39, 0.29) is 18.3 Å². The highest BCUT2D eigenvalue weighted by Gasteiger charge is 2.13. The van der Waals surface area contributed by atoms with E-state index in [1.165, 1.54) is 18.9 Å². The average molecular weight is 360 g/mol. The lowest BCUT2D eigenvalue weighted by Gasteiger charge is -2.20. The molecule has 110 valence electrons. The molecular weight excluding hydrogens is 342 g/mol. The molecule has 20 heavy (non-hydrogen) atoms. The van der Waals surface area contributed by atoms with E-state index in [9.17, 15) is 9.59 Å². The summed E-state index contributed by atoms with van der Waals surface area (Å²) in [6, 6.07) is 7.82. The maximum Gasteiger partial charge on any atom is 0.307 e. The summed E-state index contributed by atoms with van der Waals surface area (Å²) in [4.78, 5) is 25.9. The molecule has 0 aliphatic carbocycles. The number of rotatable bonds is 7. The van der Waals surface area contributed by atoms with E-state index in [2.05, 4.69) is 20.7 Å². The number of hydrogen-bond donors (Lipinski definition) is 0. The van der Waals surface area contributed by atoms with Crippen molar-refractivity contribution in [2.24, 2.45) is 0 Å². The second-order valence-corrected chi connectivity index (χ2v) is 6.01. The molecular formula is C14H18BrNO3S. The Morgan fingerprint density at radius 3 is 2.50 bits per heavy atom.